The summed E-state index contributed by atoms with van der Waals surface area (Å²) >= 11 is 0. The molecule has 0 aliphatic heterocycles. The molecule has 2 aromatic heterocycles. The van der Waals surface area contributed by atoms with E-state index in [0.717, 1.165) is 11.3 Å². The van der Waals surface area contributed by atoms with Crippen LogP contribution in [0.15, 0.2) is 79.0 Å². The van der Waals surface area contributed by atoms with Gasteiger partial charge in [0, 0.05) is 18.4 Å². The minimum atomic E-state index is -0.603. The van der Waals surface area contributed by atoms with E-state index in [1.165, 1.54) is 12.3 Å². The van der Waals surface area contributed by atoms with Gasteiger partial charge in [0.05, 0.1) is 16.8 Å². The SMILES string of the molecule is N#Cc1cnc2ccc(F)nc2c1N(Cc1ccccc1)c1ccccc1. The Kier molecular flexibility index (Phi) is 4.46. The minimum absolute atomic E-state index is 0.348. The zero-order valence-corrected chi connectivity index (χ0v) is 14.4. The van der Waals surface area contributed by atoms with Crippen LogP contribution >= 0.6 is 0 Å². The normalized spacial score (nSPS) is 10.5. The molecule has 27 heavy (non-hydrogen) atoms. The fraction of sp³-hybridized carbons (Fsp3) is 0.0455. The van der Waals surface area contributed by atoms with Gasteiger partial charge in [-0.1, -0.05) is 48.5 Å². The quantitative estimate of drug-likeness (QED) is 0.485. The van der Waals surface area contributed by atoms with Crippen molar-refractivity contribution in [1.82, 2.24) is 9.97 Å². The van der Waals surface area contributed by atoms with E-state index in [4.69, 9.17) is 0 Å². The second-order valence-corrected chi connectivity index (χ2v) is 6.04. The molecule has 0 saturated carbocycles. The minimum Gasteiger partial charge on any atom is -0.334 e. The first-order valence-corrected chi connectivity index (χ1v) is 8.48. The van der Waals surface area contributed by atoms with Gasteiger partial charge in [-0.15, -0.1) is 0 Å². The Hall–Kier alpha value is -3.78. The molecule has 4 nitrogen and oxygen atoms in total. The van der Waals surface area contributed by atoms with Gasteiger partial charge in [0.2, 0.25) is 5.95 Å². The highest BCUT2D eigenvalue weighted by Crippen LogP contribution is 2.34. The summed E-state index contributed by atoms with van der Waals surface area (Å²) in [6.07, 6.45) is 1.51. The predicted octanol–water partition coefficient (Wildman–Crippen LogP) is 4.98. The first kappa shape index (κ1) is 16.7. The largest absolute Gasteiger partial charge is 0.334 e. The molecule has 0 unspecified atom stereocenters. The summed E-state index contributed by atoms with van der Waals surface area (Å²) in [5, 5.41) is 9.67. The van der Waals surface area contributed by atoms with E-state index in [1.54, 1.807) is 6.07 Å². The lowest BCUT2D eigenvalue weighted by Gasteiger charge is -2.26. The molecule has 4 rings (SSSR count). The van der Waals surface area contributed by atoms with Crippen LogP contribution in [-0.4, -0.2) is 9.97 Å². The highest BCUT2D eigenvalue weighted by molar-refractivity contribution is 5.93. The number of halogens is 1. The Bertz CT molecular complexity index is 1120. The number of hydrogen-bond acceptors (Lipinski definition) is 4. The third-order valence-corrected chi connectivity index (χ3v) is 4.29. The van der Waals surface area contributed by atoms with Crippen LogP contribution in [0.4, 0.5) is 15.8 Å². The van der Waals surface area contributed by atoms with Gasteiger partial charge in [-0.2, -0.15) is 9.65 Å². The fourth-order valence-electron chi connectivity index (χ4n) is 3.06. The molecule has 4 aromatic rings. The van der Waals surface area contributed by atoms with Gasteiger partial charge in [0.25, 0.3) is 0 Å². The smallest absolute Gasteiger partial charge is 0.213 e. The Morgan fingerprint density at radius 2 is 1.63 bits per heavy atom. The molecule has 0 aliphatic carbocycles. The lowest BCUT2D eigenvalue weighted by Crippen LogP contribution is -2.18. The maximum Gasteiger partial charge on any atom is 0.213 e. The van der Waals surface area contributed by atoms with Crippen LogP contribution in [0.1, 0.15) is 11.1 Å². The van der Waals surface area contributed by atoms with Crippen molar-refractivity contribution in [1.29, 1.82) is 5.26 Å². The summed E-state index contributed by atoms with van der Waals surface area (Å²) in [5.41, 5.74) is 3.76. The molecule has 0 atom stereocenters. The van der Waals surface area contributed by atoms with Crippen LogP contribution in [-0.2, 0) is 6.54 Å². The first-order valence-electron chi connectivity index (χ1n) is 8.48. The van der Waals surface area contributed by atoms with Crippen LogP contribution in [0.25, 0.3) is 11.0 Å². The molecule has 0 radical (unpaired) electrons. The summed E-state index contributed by atoms with van der Waals surface area (Å²) in [7, 11) is 0. The standard InChI is InChI=1S/C22H15FN4/c23-20-12-11-19-21(26-20)22(17(13-24)14-25-19)27(18-9-5-2-6-10-18)15-16-7-3-1-4-8-16/h1-12,14H,15H2. The maximum absolute atomic E-state index is 13.9. The summed E-state index contributed by atoms with van der Waals surface area (Å²) in [5.74, 6) is -0.603. The molecule has 130 valence electrons. The number of pyridine rings is 2. The zero-order valence-electron chi connectivity index (χ0n) is 14.4. The van der Waals surface area contributed by atoms with Crippen LogP contribution in [0.3, 0.4) is 0 Å². The van der Waals surface area contributed by atoms with E-state index < -0.39 is 5.95 Å². The highest BCUT2D eigenvalue weighted by Gasteiger charge is 2.19. The number of hydrogen-bond donors (Lipinski definition) is 0. The third-order valence-electron chi connectivity index (χ3n) is 4.29. The van der Waals surface area contributed by atoms with E-state index in [1.807, 2.05) is 65.6 Å². The summed E-state index contributed by atoms with van der Waals surface area (Å²) in [6.45, 7) is 0.511. The summed E-state index contributed by atoms with van der Waals surface area (Å²) in [6, 6.07) is 24.6. The van der Waals surface area contributed by atoms with E-state index in [0.29, 0.717) is 28.8 Å². The van der Waals surface area contributed by atoms with Gasteiger partial charge in [-0.3, -0.25) is 4.98 Å². The topological polar surface area (TPSA) is 52.8 Å². The maximum atomic E-state index is 13.9. The van der Waals surface area contributed by atoms with E-state index in [2.05, 4.69) is 16.0 Å². The molecule has 2 aromatic carbocycles. The van der Waals surface area contributed by atoms with E-state index >= 15 is 0 Å². The van der Waals surface area contributed by atoms with Crippen LogP contribution in [0, 0.1) is 17.3 Å². The molecule has 0 fully saturated rings. The summed E-state index contributed by atoms with van der Waals surface area (Å²) in [4.78, 5) is 10.3. The summed E-state index contributed by atoms with van der Waals surface area (Å²) < 4.78 is 13.9. The lowest BCUT2D eigenvalue weighted by molar-refractivity contribution is 0.589. The average molecular weight is 354 g/mol. The van der Waals surface area contributed by atoms with Gasteiger partial charge in [-0.05, 0) is 29.8 Å². The van der Waals surface area contributed by atoms with Crippen molar-refractivity contribution in [3.8, 4) is 6.07 Å². The monoisotopic (exact) mass is 354 g/mol. The molecule has 5 heteroatoms. The lowest BCUT2D eigenvalue weighted by atomic mass is 10.1. The second-order valence-electron chi connectivity index (χ2n) is 6.04. The Morgan fingerprint density at radius 1 is 0.926 bits per heavy atom. The van der Waals surface area contributed by atoms with E-state index in [9.17, 15) is 9.65 Å². The Balaban J connectivity index is 1.97. The van der Waals surface area contributed by atoms with Crippen molar-refractivity contribution in [3.05, 3.63) is 96.1 Å². The third kappa shape index (κ3) is 3.33. The average Bonchev–Trinajstić information content (AvgIpc) is 2.72. The first-order chi connectivity index (χ1) is 13.3. The second kappa shape index (κ2) is 7.22. The van der Waals surface area contributed by atoms with Gasteiger partial charge < -0.3 is 4.90 Å². The molecule has 0 N–H and O–H groups in total. The Labute approximate surface area is 156 Å². The molecule has 0 amide bonds. The number of para-hydroxylation sites is 1. The molecule has 0 saturated heterocycles. The molecule has 0 bridgehead atoms. The van der Waals surface area contributed by atoms with Crippen molar-refractivity contribution < 1.29 is 4.39 Å². The van der Waals surface area contributed by atoms with Gasteiger partial charge in [0.15, 0.2) is 0 Å². The zero-order chi connectivity index (χ0) is 18.6. The number of rotatable bonds is 4. The van der Waals surface area contributed by atoms with Crippen LogP contribution < -0.4 is 4.90 Å². The number of aromatic nitrogens is 2. The number of nitrogens with zero attached hydrogens (tertiary/aromatic N) is 4. The van der Waals surface area contributed by atoms with Gasteiger partial charge in [-0.25, -0.2) is 4.98 Å². The van der Waals surface area contributed by atoms with Crippen LogP contribution in [0.5, 0.6) is 0 Å². The molecule has 2 heterocycles. The van der Waals surface area contributed by atoms with Crippen molar-refractivity contribution in [2.45, 2.75) is 6.54 Å². The predicted molar refractivity (Wildman–Crippen MR) is 103 cm³/mol. The molecule has 0 spiro atoms. The number of nitriles is 1. The fourth-order valence-corrected chi connectivity index (χ4v) is 3.06. The van der Waals surface area contributed by atoms with Crippen molar-refractivity contribution in [2.75, 3.05) is 4.90 Å². The van der Waals surface area contributed by atoms with Gasteiger partial charge in [0.1, 0.15) is 11.6 Å². The molecular formula is C22H15FN4. The number of anilines is 2. The Morgan fingerprint density at radius 3 is 2.33 bits per heavy atom. The van der Waals surface area contributed by atoms with E-state index in [-0.39, 0.29) is 0 Å². The molecule has 0 aliphatic rings. The molecular weight excluding hydrogens is 339 g/mol. The van der Waals surface area contributed by atoms with Gasteiger partial charge >= 0.3 is 0 Å². The van der Waals surface area contributed by atoms with Crippen molar-refractivity contribution in [3.63, 3.8) is 0 Å². The highest BCUT2D eigenvalue weighted by atomic mass is 19.1. The number of fused-ring (bicyclic) bond motifs is 1. The number of benzene rings is 2. The van der Waals surface area contributed by atoms with Crippen LogP contribution in [0.2, 0.25) is 0 Å². The van der Waals surface area contributed by atoms with Crippen molar-refractivity contribution >= 4 is 22.4 Å². The van der Waals surface area contributed by atoms with Crippen molar-refractivity contribution in [2.24, 2.45) is 0 Å².